The van der Waals surface area contributed by atoms with Crippen molar-refractivity contribution in [3.8, 4) is 11.5 Å². The highest BCUT2D eigenvalue weighted by molar-refractivity contribution is 8.00. The first-order valence-corrected chi connectivity index (χ1v) is 12.7. The van der Waals surface area contributed by atoms with Gasteiger partial charge in [-0.15, -0.1) is 11.8 Å². The summed E-state index contributed by atoms with van der Waals surface area (Å²) in [7, 11) is 3.17. The van der Waals surface area contributed by atoms with Gasteiger partial charge in [0.2, 0.25) is 0 Å². The van der Waals surface area contributed by atoms with Crippen LogP contribution in [0.3, 0.4) is 0 Å². The summed E-state index contributed by atoms with van der Waals surface area (Å²) in [6.07, 6.45) is 1.52. The van der Waals surface area contributed by atoms with Crippen LogP contribution in [0.2, 0.25) is 0 Å². The first-order valence-electron chi connectivity index (χ1n) is 11.8. The highest BCUT2D eigenvalue weighted by Crippen LogP contribution is 2.45. The average molecular weight is 483 g/mol. The lowest BCUT2D eigenvalue weighted by Gasteiger charge is -2.44. The van der Waals surface area contributed by atoms with Gasteiger partial charge in [0.25, 0.3) is 11.8 Å². The molecule has 2 heterocycles. The lowest BCUT2D eigenvalue weighted by atomic mass is 9.86. The molecular formula is C27H34N2O4S. The van der Waals surface area contributed by atoms with Gasteiger partial charge in [0.15, 0.2) is 0 Å². The standard InChI is InChI=1S/C27H34N2O4S/c1-26(2,3)21-8-6-19(7-9-21)24(30)28-12-10-27(11-13-28)29(14-15-34-27)25(31)20-16-22(32-4)18-23(17-20)33-5/h6-9,16-18H,10-15H2,1-5H3. The highest BCUT2D eigenvalue weighted by Gasteiger charge is 2.47. The first kappa shape index (κ1) is 24.5. The topological polar surface area (TPSA) is 59.1 Å². The number of likely N-dealkylation sites (tertiary alicyclic amines) is 1. The Bertz CT molecular complexity index is 1030. The molecule has 0 aromatic heterocycles. The predicted octanol–water partition coefficient (Wildman–Crippen LogP) is 4.82. The van der Waals surface area contributed by atoms with Gasteiger partial charge in [-0.1, -0.05) is 32.9 Å². The number of carbonyl (C=O) groups excluding carboxylic acids is 2. The molecule has 0 aliphatic carbocycles. The monoisotopic (exact) mass is 482 g/mol. The molecule has 0 N–H and O–H groups in total. The summed E-state index contributed by atoms with van der Waals surface area (Å²) < 4.78 is 10.7. The maximum atomic E-state index is 13.5. The molecule has 34 heavy (non-hydrogen) atoms. The second kappa shape index (κ2) is 9.53. The Balaban J connectivity index is 1.46. The third-order valence-electron chi connectivity index (χ3n) is 6.85. The van der Waals surface area contributed by atoms with Crippen molar-refractivity contribution in [2.45, 2.75) is 43.9 Å². The largest absolute Gasteiger partial charge is 0.497 e. The van der Waals surface area contributed by atoms with Gasteiger partial charge in [0.05, 0.1) is 19.1 Å². The molecule has 4 rings (SSSR count). The molecule has 1 spiro atoms. The molecule has 6 nitrogen and oxygen atoms in total. The minimum atomic E-state index is -0.278. The second-order valence-corrected chi connectivity index (χ2v) is 11.4. The molecule has 2 saturated heterocycles. The minimum absolute atomic E-state index is 0.0141. The van der Waals surface area contributed by atoms with E-state index in [1.165, 1.54) is 5.56 Å². The second-order valence-electron chi connectivity index (χ2n) is 9.97. The van der Waals surface area contributed by atoms with Gasteiger partial charge in [-0.25, -0.2) is 0 Å². The van der Waals surface area contributed by atoms with Crippen molar-refractivity contribution in [1.82, 2.24) is 9.80 Å². The van der Waals surface area contributed by atoms with Crippen molar-refractivity contribution in [2.75, 3.05) is 39.6 Å². The molecule has 2 aliphatic rings. The molecule has 0 bridgehead atoms. The Hall–Kier alpha value is -2.67. The maximum absolute atomic E-state index is 13.5. The number of rotatable bonds is 4. The van der Waals surface area contributed by atoms with Crippen LogP contribution in [0, 0.1) is 0 Å². The van der Waals surface area contributed by atoms with Gasteiger partial charge in [-0.2, -0.15) is 0 Å². The van der Waals surface area contributed by atoms with E-state index in [0.717, 1.165) is 24.2 Å². The first-order chi connectivity index (χ1) is 16.2. The summed E-state index contributed by atoms with van der Waals surface area (Å²) in [5.41, 5.74) is 2.56. The predicted molar refractivity (Wildman–Crippen MR) is 136 cm³/mol. The Labute approximate surface area is 206 Å². The Kier molecular flexibility index (Phi) is 6.85. The van der Waals surface area contributed by atoms with Crippen LogP contribution in [0.25, 0.3) is 0 Å². The third kappa shape index (κ3) is 4.76. The van der Waals surface area contributed by atoms with Crippen LogP contribution in [0.4, 0.5) is 0 Å². The number of ether oxygens (including phenoxy) is 2. The van der Waals surface area contributed by atoms with E-state index in [1.54, 1.807) is 32.4 Å². The van der Waals surface area contributed by atoms with Crippen molar-refractivity contribution >= 4 is 23.6 Å². The normalized spacial score (nSPS) is 17.7. The number of hydrogen-bond donors (Lipinski definition) is 0. The summed E-state index contributed by atoms with van der Waals surface area (Å²) in [5, 5.41) is 0. The quantitative estimate of drug-likeness (QED) is 0.625. The molecule has 2 aliphatic heterocycles. The summed E-state index contributed by atoms with van der Waals surface area (Å²) in [6.45, 7) is 8.48. The van der Waals surface area contributed by atoms with Gasteiger partial charge >= 0.3 is 0 Å². The third-order valence-corrected chi connectivity index (χ3v) is 8.40. The minimum Gasteiger partial charge on any atom is -0.497 e. The van der Waals surface area contributed by atoms with E-state index < -0.39 is 0 Å². The van der Waals surface area contributed by atoms with Crippen molar-refractivity contribution in [1.29, 1.82) is 0 Å². The SMILES string of the molecule is COc1cc(OC)cc(C(=O)N2CCSC23CCN(C(=O)c2ccc(C(C)(C)C)cc2)CC3)c1. The van der Waals surface area contributed by atoms with Crippen molar-refractivity contribution in [3.05, 3.63) is 59.2 Å². The zero-order chi connectivity index (χ0) is 24.5. The number of methoxy groups -OCH3 is 2. The van der Waals surface area contributed by atoms with E-state index in [1.807, 2.05) is 45.8 Å². The number of thioether (sulfide) groups is 1. The number of carbonyl (C=O) groups is 2. The van der Waals surface area contributed by atoms with Gasteiger partial charge < -0.3 is 19.3 Å². The van der Waals surface area contributed by atoms with Gasteiger partial charge in [0.1, 0.15) is 11.5 Å². The smallest absolute Gasteiger partial charge is 0.255 e. The van der Waals surface area contributed by atoms with Crippen LogP contribution in [-0.4, -0.2) is 66.1 Å². The van der Waals surface area contributed by atoms with Gasteiger partial charge in [-0.3, -0.25) is 9.59 Å². The van der Waals surface area contributed by atoms with E-state index in [9.17, 15) is 9.59 Å². The number of piperidine rings is 1. The van der Waals surface area contributed by atoms with E-state index in [4.69, 9.17) is 9.47 Å². The number of nitrogens with zero attached hydrogens (tertiary/aromatic N) is 2. The summed E-state index contributed by atoms with van der Waals surface area (Å²) in [5.74, 6) is 2.14. The average Bonchev–Trinajstić information content (AvgIpc) is 3.25. The molecule has 182 valence electrons. The Morgan fingerprint density at radius 1 is 0.853 bits per heavy atom. The van der Waals surface area contributed by atoms with E-state index in [-0.39, 0.29) is 22.1 Å². The fourth-order valence-electron chi connectivity index (χ4n) is 4.75. The van der Waals surface area contributed by atoms with Crippen molar-refractivity contribution < 1.29 is 19.1 Å². The molecule has 0 unspecified atom stereocenters. The highest BCUT2D eigenvalue weighted by atomic mass is 32.2. The molecule has 2 aromatic rings. The molecule has 2 aromatic carbocycles. The summed E-state index contributed by atoms with van der Waals surface area (Å²) in [4.78, 5) is 30.3. The molecule has 0 saturated carbocycles. The number of benzene rings is 2. The Morgan fingerprint density at radius 3 is 1.97 bits per heavy atom. The lowest BCUT2D eigenvalue weighted by molar-refractivity contribution is 0.0497. The summed E-state index contributed by atoms with van der Waals surface area (Å²) >= 11 is 1.84. The van der Waals surface area contributed by atoms with Crippen LogP contribution in [0.1, 0.15) is 59.9 Å². The molecule has 7 heteroatoms. The van der Waals surface area contributed by atoms with Crippen molar-refractivity contribution in [2.24, 2.45) is 0 Å². The fourth-order valence-corrected chi connectivity index (χ4v) is 6.21. The lowest BCUT2D eigenvalue weighted by Crippen LogP contribution is -2.53. The van der Waals surface area contributed by atoms with Crippen LogP contribution >= 0.6 is 11.8 Å². The zero-order valence-corrected chi connectivity index (χ0v) is 21.5. The van der Waals surface area contributed by atoms with Crippen molar-refractivity contribution in [3.63, 3.8) is 0 Å². The van der Waals surface area contributed by atoms with Gasteiger partial charge in [-0.05, 0) is 48.1 Å². The molecular weight excluding hydrogens is 448 g/mol. The zero-order valence-electron chi connectivity index (χ0n) is 20.7. The van der Waals surface area contributed by atoms with Gasteiger partial charge in [0, 0.05) is 42.6 Å². The molecule has 2 fully saturated rings. The Morgan fingerprint density at radius 2 is 1.44 bits per heavy atom. The fraction of sp³-hybridized carbons (Fsp3) is 0.481. The van der Waals surface area contributed by atoms with E-state index in [2.05, 4.69) is 20.8 Å². The van der Waals surface area contributed by atoms with E-state index in [0.29, 0.717) is 36.7 Å². The number of hydrogen-bond acceptors (Lipinski definition) is 5. The van der Waals surface area contributed by atoms with E-state index >= 15 is 0 Å². The van der Waals surface area contributed by atoms with Crippen LogP contribution in [0.15, 0.2) is 42.5 Å². The summed E-state index contributed by atoms with van der Waals surface area (Å²) in [6, 6.07) is 13.3. The maximum Gasteiger partial charge on any atom is 0.255 e. The molecule has 0 atom stereocenters. The van der Waals surface area contributed by atoms with Crippen LogP contribution < -0.4 is 9.47 Å². The molecule has 2 amide bonds. The van der Waals surface area contributed by atoms with Crippen LogP contribution in [0.5, 0.6) is 11.5 Å². The number of amides is 2. The molecule has 0 radical (unpaired) electrons. The van der Waals surface area contributed by atoms with Crippen LogP contribution in [-0.2, 0) is 5.41 Å².